The van der Waals surface area contributed by atoms with Crippen molar-refractivity contribution in [2.45, 2.75) is 50.5 Å². The van der Waals surface area contributed by atoms with Crippen LogP contribution in [0.1, 0.15) is 42.9 Å². The van der Waals surface area contributed by atoms with Crippen molar-refractivity contribution in [1.82, 2.24) is 15.5 Å². The third-order valence-corrected chi connectivity index (χ3v) is 8.18. The first-order chi connectivity index (χ1) is 22.6. The molecule has 0 saturated heterocycles. The van der Waals surface area contributed by atoms with Gasteiger partial charge in [0.2, 0.25) is 5.91 Å². The number of aromatic amines is 1. The largest absolute Gasteiger partial charge is 0.458 e. The summed E-state index contributed by atoms with van der Waals surface area (Å²) in [6.07, 6.45) is -7.05. The number of nitrogens with one attached hydrogen (secondary N) is 2. The molecule has 1 heterocycles. The van der Waals surface area contributed by atoms with Crippen molar-refractivity contribution in [3.63, 3.8) is 0 Å². The number of Topliss-reactive ketones (excluding diaryl/α,β-unsaturated/α-hetero) is 2. The van der Waals surface area contributed by atoms with Crippen molar-refractivity contribution in [3.05, 3.63) is 77.9 Å². The number of halogens is 6. The molecule has 1 aliphatic carbocycles. The van der Waals surface area contributed by atoms with Gasteiger partial charge in [-0.05, 0) is 97.2 Å². The Morgan fingerprint density at radius 3 is 2.04 bits per heavy atom. The van der Waals surface area contributed by atoms with E-state index in [0.717, 1.165) is 58.8 Å². The van der Waals surface area contributed by atoms with Gasteiger partial charge in [0.15, 0.2) is 5.82 Å². The second kappa shape index (κ2) is 14.9. The lowest BCUT2D eigenvalue weighted by Gasteiger charge is -2.29. The zero-order valence-electron chi connectivity index (χ0n) is 25.5. The van der Waals surface area contributed by atoms with Crippen molar-refractivity contribution in [2.24, 2.45) is 17.6 Å². The average molecular weight is 677 g/mol. The lowest BCUT2D eigenvalue weighted by molar-refractivity contribution is -0.193. The highest BCUT2D eigenvalue weighted by molar-refractivity contribution is 6.41. The van der Waals surface area contributed by atoms with Gasteiger partial charge in [-0.25, -0.2) is 0 Å². The molecule has 5 rings (SSSR count). The molecule has 9 nitrogen and oxygen atoms in total. The van der Waals surface area contributed by atoms with Crippen LogP contribution in [0.25, 0.3) is 22.0 Å². The Bertz CT molecular complexity index is 1720. The van der Waals surface area contributed by atoms with Crippen LogP contribution in [0.4, 0.5) is 37.8 Å². The zero-order chi connectivity index (χ0) is 35.2. The maximum Gasteiger partial charge on any atom is 0.458 e. The third-order valence-electron chi connectivity index (χ3n) is 8.18. The van der Waals surface area contributed by atoms with Crippen molar-refractivity contribution < 1.29 is 40.7 Å². The maximum atomic E-state index is 13.4. The maximum absolute atomic E-state index is 13.4. The van der Waals surface area contributed by atoms with Gasteiger partial charge in [0.05, 0.1) is 11.6 Å². The van der Waals surface area contributed by atoms with Crippen LogP contribution in [0.2, 0.25) is 0 Å². The zero-order valence-corrected chi connectivity index (χ0v) is 25.5. The van der Waals surface area contributed by atoms with Crippen LogP contribution < -0.4 is 22.5 Å². The summed E-state index contributed by atoms with van der Waals surface area (Å²) < 4.78 is 67.0. The van der Waals surface area contributed by atoms with Crippen molar-refractivity contribution >= 4 is 39.9 Å². The first-order valence-corrected chi connectivity index (χ1v) is 15.0. The van der Waals surface area contributed by atoms with Gasteiger partial charge in [-0.2, -0.15) is 31.4 Å². The summed E-state index contributed by atoms with van der Waals surface area (Å²) in [5, 5.41) is 11.3. The van der Waals surface area contributed by atoms with Gasteiger partial charge in [0.1, 0.15) is 0 Å². The number of ketones is 2. The molecular formula is C33H34F6N6O3. The van der Waals surface area contributed by atoms with Crippen LogP contribution in [0.15, 0.2) is 66.7 Å². The van der Waals surface area contributed by atoms with Crippen LogP contribution in [0, 0.1) is 11.8 Å². The van der Waals surface area contributed by atoms with E-state index in [1.807, 2.05) is 48.5 Å². The highest BCUT2D eigenvalue weighted by Crippen LogP contribution is 2.33. The second-order valence-electron chi connectivity index (χ2n) is 11.6. The number of nitrogens with zero attached hydrogens (tertiary/aromatic N) is 1. The first-order valence-electron chi connectivity index (χ1n) is 15.0. The smallest absolute Gasteiger partial charge is 0.399 e. The number of H-pyrrole nitrogens is 1. The number of fused-ring (bicyclic) bond motifs is 1. The molecule has 1 saturated carbocycles. The van der Waals surface area contributed by atoms with E-state index < -0.39 is 23.9 Å². The van der Waals surface area contributed by atoms with Gasteiger partial charge in [-0.15, -0.1) is 0 Å². The minimum Gasteiger partial charge on any atom is -0.399 e. The quantitative estimate of drug-likeness (QED) is 0.0891. The minimum absolute atomic E-state index is 0.0276. The van der Waals surface area contributed by atoms with E-state index >= 15 is 0 Å². The summed E-state index contributed by atoms with van der Waals surface area (Å²) in [6, 6.07) is 22.1. The molecule has 48 heavy (non-hydrogen) atoms. The van der Waals surface area contributed by atoms with Crippen LogP contribution in [0.5, 0.6) is 0 Å². The summed E-state index contributed by atoms with van der Waals surface area (Å²) in [5.74, 6) is -5.65. The molecule has 1 aliphatic rings. The van der Waals surface area contributed by atoms with Gasteiger partial charge in [-0.3, -0.25) is 19.5 Å². The molecular weight excluding hydrogens is 642 g/mol. The Kier molecular flexibility index (Phi) is 11.1. The highest BCUT2D eigenvalue weighted by atomic mass is 19.4. The topological polar surface area (TPSA) is 170 Å². The van der Waals surface area contributed by atoms with Gasteiger partial charge in [-0.1, -0.05) is 36.4 Å². The van der Waals surface area contributed by atoms with Gasteiger partial charge in [0, 0.05) is 17.0 Å². The molecule has 3 aromatic carbocycles. The standard InChI is InChI=1S/C29H34N6O.C4F6O2/c30-17-19-6-8-20(9-7-19)29(36)33-26(12-18-4-2-1-3-5-18)23-13-22(14-24(31)15-23)21-10-11-25-27(16-21)34-35-28(25)32;5-3(6,7)1(11)2(12)4(8,9)10/h1-5,10-11,13-16,19-20,26H,6-9,12,17,30-31H2,(H,33,36)(H3,32,34,35);. The van der Waals surface area contributed by atoms with E-state index in [-0.39, 0.29) is 17.9 Å². The number of aromatic nitrogens is 2. The summed E-state index contributed by atoms with van der Waals surface area (Å²) in [4.78, 5) is 32.6. The average Bonchev–Trinajstić information content (AvgIpc) is 3.43. The summed E-state index contributed by atoms with van der Waals surface area (Å²) in [7, 11) is 0. The number of nitrogen functional groups attached to an aromatic ring is 2. The predicted molar refractivity (Wildman–Crippen MR) is 168 cm³/mol. The number of alkyl halides is 6. The van der Waals surface area contributed by atoms with E-state index in [4.69, 9.17) is 17.2 Å². The van der Waals surface area contributed by atoms with E-state index in [1.54, 1.807) is 0 Å². The molecule has 1 unspecified atom stereocenters. The van der Waals surface area contributed by atoms with Gasteiger partial charge >= 0.3 is 23.9 Å². The number of amides is 1. The fourth-order valence-electron chi connectivity index (χ4n) is 5.57. The number of carbonyl (C=O) groups excluding carboxylic acids is 3. The molecule has 1 fully saturated rings. The number of benzene rings is 3. The summed E-state index contributed by atoms with van der Waals surface area (Å²) in [5.41, 5.74) is 23.8. The number of hydrogen-bond donors (Lipinski definition) is 5. The first kappa shape index (κ1) is 35.9. The normalized spacial score (nSPS) is 17.2. The highest BCUT2D eigenvalue weighted by Gasteiger charge is 2.54. The van der Waals surface area contributed by atoms with Crippen LogP contribution in [0.3, 0.4) is 0 Å². The SMILES string of the molecule is NCC1CCC(C(=O)NC(Cc2ccccc2)c2cc(N)cc(-c3ccc4c(N)n[nH]c4c3)c2)CC1.O=C(C(=O)C(F)(F)F)C(F)(F)F. The minimum atomic E-state index is -5.77. The number of anilines is 2. The molecule has 0 bridgehead atoms. The molecule has 1 amide bonds. The number of hydrogen-bond acceptors (Lipinski definition) is 7. The monoisotopic (exact) mass is 676 g/mol. The molecule has 256 valence electrons. The molecule has 0 aliphatic heterocycles. The second-order valence-corrected chi connectivity index (χ2v) is 11.6. The lowest BCUT2D eigenvalue weighted by atomic mass is 9.81. The fraction of sp³-hybridized carbons (Fsp3) is 0.333. The van der Waals surface area contributed by atoms with E-state index in [2.05, 4.69) is 33.7 Å². The van der Waals surface area contributed by atoms with Gasteiger partial charge < -0.3 is 22.5 Å². The summed E-state index contributed by atoms with van der Waals surface area (Å²) >= 11 is 0. The molecule has 1 aromatic heterocycles. The van der Waals surface area contributed by atoms with Crippen LogP contribution in [-0.2, 0) is 20.8 Å². The number of carbonyl (C=O) groups is 3. The molecule has 15 heteroatoms. The molecule has 1 atom stereocenters. The Labute approximate surface area is 271 Å². The van der Waals surface area contributed by atoms with E-state index in [9.17, 15) is 40.7 Å². The van der Waals surface area contributed by atoms with Crippen LogP contribution >= 0.6 is 0 Å². The van der Waals surface area contributed by atoms with Crippen molar-refractivity contribution in [3.8, 4) is 11.1 Å². The van der Waals surface area contributed by atoms with Crippen molar-refractivity contribution in [1.29, 1.82) is 0 Å². The third kappa shape index (κ3) is 9.12. The van der Waals surface area contributed by atoms with Crippen LogP contribution in [-0.4, -0.2) is 46.6 Å². The summed E-state index contributed by atoms with van der Waals surface area (Å²) in [6.45, 7) is 0.702. The van der Waals surface area contributed by atoms with Crippen molar-refractivity contribution in [2.75, 3.05) is 18.0 Å². The predicted octanol–water partition coefficient (Wildman–Crippen LogP) is 5.81. The van der Waals surface area contributed by atoms with E-state index in [0.29, 0.717) is 30.4 Å². The molecule has 4 aromatic rings. The Balaban J connectivity index is 0.000000371. The van der Waals surface area contributed by atoms with E-state index in [1.165, 1.54) is 0 Å². The number of rotatable bonds is 8. The Morgan fingerprint density at radius 1 is 0.833 bits per heavy atom. The fourth-order valence-corrected chi connectivity index (χ4v) is 5.57. The Hall–Kier alpha value is -4.92. The molecule has 0 spiro atoms. The molecule has 0 radical (unpaired) electrons. The lowest BCUT2D eigenvalue weighted by Crippen LogP contribution is -2.39. The number of nitrogens with two attached hydrogens (primary N) is 3. The van der Waals surface area contributed by atoms with Gasteiger partial charge in [0.25, 0.3) is 0 Å². The Morgan fingerprint density at radius 2 is 1.46 bits per heavy atom. The molecule has 8 N–H and O–H groups in total.